The van der Waals surface area contributed by atoms with Gasteiger partial charge in [-0.05, 0) is 51.4 Å². The number of likely N-dealkylation sites (N-methyl/N-ethyl adjacent to an activating group) is 1. The summed E-state index contributed by atoms with van der Waals surface area (Å²) in [6.07, 6.45) is 5.72. The van der Waals surface area contributed by atoms with Gasteiger partial charge in [-0.15, -0.1) is 0 Å². The zero-order chi connectivity index (χ0) is 16.9. The van der Waals surface area contributed by atoms with E-state index < -0.39 is 0 Å². The Morgan fingerprint density at radius 3 is 3.00 bits per heavy atom. The molecule has 2 fully saturated rings. The van der Waals surface area contributed by atoms with Crippen LogP contribution in [0.15, 0.2) is 24.4 Å². The lowest BCUT2D eigenvalue weighted by atomic mass is 9.97. The van der Waals surface area contributed by atoms with E-state index in [1.807, 2.05) is 12.1 Å². The molecule has 6 nitrogen and oxygen atoms in total. The van der Waals surface area contributed by atoms with Gasteiger partial charge in [0, 0.05) is 31.9 Å². The van der Waals surface area contributed by atoms with Gasteiger partial charge in [-0.1, -0.05) is 6.07 Å². The number of nitrogens with zero attached hydrogens (tertiary/aromatic N) is 3. The molecule has 2 heterocycles. The van der Waals surface area contributed by atoms with E-state index in [1.54, 1.807) is 12.3 Å². The minimum atomic E-state index is -0.354. The molecule has 1 aromatic rings. The molecule has 1 aromatic heterocycles. The number of piperidine rings is 1. The second-order valence-corrected chi connectivity index (χ2v) is 7.13. The van der Waals surface area contributed by atoms with Crippen LogP contribution in [0, 0.1) is 5.92 Å². The molecule has 2 unspecified atom stereocenters. The van der Waals surface area contributed by atoms with E-state index in [-0.39, 0.29) is 17.9 Å². The fraction of sp³-hybridized carbons (Fsp3) is 0.667. The molecule has 0 bridgehead atoms. The number of aliphatic hydroxyl groups excluding tert-OH is 1. The van der Waals surface area contributed by atoms with Gasteiger partial charge in [-0.25, -0.2) is 4.98 Å². The van der Waals surface area contributed by atoms with Crippen molar-refractivity contribution in [2.24, 2.45) is 5.92 Å². The van der Waals surface area contributed by atoms with Crippen molar-refractivity contribution in [1.82, 2.24) is 14.8 Å². The Balaban J connectivity index is 1.45. The summed E-state index contributed by atoms with van der Waals surface area (Å²) in [4.78, 5) is 21.0. The Hall–Kier alpha value is -1.50. The van der Waals surface area contributed by atoms with Crippen LogP contribution in [0.4, 0.5) is 5.82 Å². The predicted octanol–water partition coefficient (Wildman–Crippen LogP) is 1.19. The van der Waals surface area contributed by atoms with Gasteiger partial charge in [0.25, 0.3) is 0 Å². The lowest BCUT2D eigenvalue weighted by Gasteiger charge is -2.34. The van der Waals surface area contributed by atoms with E-state index in [9.17, 15) is 9.90 Å². The monoisotopic (exact) mass is 332 g/mol. The molecule has 132 valence electrons. The highest BCUT2D eigenvalue weighted by Gasteiger charge is 2.30. The van der Waals surface area contributed by atoms with Crippen molar-refractivity contribution in [2.75, 3.05) is 38.5 Å². The highest BCUT2D eigenvalue weighted by molar-refractivity contribution is 5.91. The zero-order valence-electron chi connectivity index (χ0n) is 14.4. The number of carbonyl (C=O) groups excluding carboxylic acids is 1. The number of rotatable bonds is 7. The molecule has 0 spiro atoms. The number of anilines is 1. The summed E-state index contributed by atoms with van der Waals surface area (Å²) in [7, 11) is 2.08. The lowest BCUT2D eigenvalue weighted by Crippen LogP contribution is -2.46. The Labute approximate surface area is 143 Å². The normalized spacial score (nSPS) is 23.2. The van der Waals surface area contributed by atoms with E-state index in [0.717, 1.165) is 19.4 Å². The van der Waals surface area contributed by atoms with Crippen LogP contribution in [0.5, 0.6) is 0 Å². The minimum absolute atomic E-state index is 0.0305. The summed E-state index contributed by atoms with van der Waals surface area (Å²) < 4.78 is 0. The van der Waals surface area contributed by atoms with E-state index in [0.29, 0.717) is 31.5 Å². The summed E-state index contributed by atoms with van der Waals surface area (Å²) in [5.74, 6) is 0.600. The number of hydrogen-bond donors (Lipinski definition) is 2. The molecular weight excluding hydrogens is 304 g/mol. The standard InChI is InChI=1S/C18H28N4O2/c1-21(15-7-8-15)12-16(23)13-22-10-4-5-14(11-22)18(24)20-17-6-2-3-9-19-17/h2-3,6,9,14-16,23H,4-5,7-8,10-13H2,1H3,(H,19,20,24). The molecular formula is C18H28N4O2. The summed E-state index contributed by atoms with van der Waals surface area (Å²) in [5.41, 5.74) is 0. The van der Waals surface area contributed by atoms with Crippen molar-refractivity contribution in [2.45, 2.75) is 37.8 Å². The first-order valence-corrected chi connectivity index (χ1v) is 8.94. The van der Waals surface area contributed by atoms with Crippen molar-refractivity contribution in [3.63, 3.8) is 0 Å². The van der Waals surface area contributed by atoms with E-state index in [4.69, 9.17) is 0 Å². The summed E-state index contributed by atoms with van der Waals surface area (Å²) in [6.45, 7) is 3.02. The van der Waals surface area contributed by atoms with Gasteiger partial charge in [0.15, 0.2) is 0 Å². The number of aromatic nitrogens is 1. The molecule has 24 heavy (non-hydrogen) atoms. The molecule has 0 radical (unpaired) electrons. The third-order valence-electron chi connectivity index (χ3n) is 4.93. The zero-order valence-corrected chi connectivity index (χ0v) is 14.4. The van der Waals surface area contributed by atoms with Gasteiger partial charge in [-0.2, -0.15) is 0 Å². The molecule has 1 aliphatic carbocycles. The van der Waals surface area contributed by atoms with Crippen LogP contribution in [-0.2, 0) is 4.79 Å². The van der Waals surface area contributed by atoms with Crippen molar-refractivity contribution < 1.29 is 9.90 Å². The summed E-state index contributed by atoms with van der Waals surface area (Å²) in [5, 5.41) is 13.2. The fourth-order valence-electron chi connectivity index (χ4n) is 3.45. The van der Waals surface area contributed by atoms with Crippen LogP contribution in [-0.4, -0.2) is 71.2 Å². The molecule has 2 N–H and O–H groups in total. The molecule has 3 rings (SSSR count). The number of β-amino-alcohol motifs (C(OH)–C–C–N with tert-alkyl or cyclic N) is 1. The topological polar surface area (TPSA) is 68.7 Å². The van der Waals surface area contributed by atoms with Gasteiger partial charge >= 0.3 is 0 Å². The fourth-order valence-corrected chi connectivity index (χ4v) is 3.45. The van der Waals surface area contributed by atoms with Crippen LogP contribution in [0.25, 0.3) is 0 Å². The number of aliphatic hydroxyl groups is 1. The third kappa shape index (κ3) is 5.00. The first kappa shape index (κ1) is 17.3. The second kappa shape index (κ2) is 8.05. The van der Waals surface area contributed by atoms with Crippen molar-refractivity contribution >= 4 is 11.7 Å². The summed E-state index contributed by atoms with van der Waals surface area (Å²) >= 11 is 0. The van der Waals surface area contributed by atoms with Crippen molar-refractivity contribution in [3.05, 3.63) is 24.4 Å². The maximum atomic E-state index is 12.4. The van der Waals surface area contributed by atoms with Crippen LogP contribution >= 0.6 is 0 Å². The quantitative estimate of drug-likeness (QED) is 0.785. The second-order valence-electron chi connectivity index (χ2n) is 7.13. The van der Waals surface area contributed by atoms with Crippen LogP contribution < -0.4 is 5.32 Å². The number of hydrogen-bond acceptors (Lipinski definition) is 5. The maximum Gasteiger partial charge on any atom is 0.229 e. The minimum Gasteiger partial charge on any atom is -0.390 e. The Kier molecular flexibility index (Phi) is 5.81. The summed E-state index contributed by atoms with van der Waals surface area (Å²) in [6, 6.07) is 6.16. The first-order chi connectivity index (χ1) is 11.6. The van der Waals surface area contributed by atoms with Crippen LogP contribution in [0.1, 0.15) is 25.7 Å². The van der Waals surface area contributed by atoms with Gasteiger partial charge in [0.05, 0.1) is 12.0 Å². The SMILES string of the molecule is CN(CC(O)CN1CCCC(C(=O)Nc2ccccn2)C1)C1CC1. The van der Waals surface area contributed by atoms with E-state index in [1.165, 1.54) is 12.8 Å². The molecule has 1 aliphatic heterocycles. The largest absolute Gasteiger partial charge is 0.390 e. The number of pyridine rings is 1. The highest BCUT2D eigenvalue weighted by atomic mass is 16.3. The predicted molar refractivity (Wildman–Crippen MR) is 93.7 cm³/mol. The van der Waals surface area contributed by atoms with Gasteiger partial charge in [0.1, 0.15) is 5.82 Å². The Morgan fingerprint density at radius 1 is 1.46 bits per heavy atom. The van der Waals surface area contributed by atoms with Gasteiger partial charge < -0.3 is 15.3 Å². The highest BCUT2D eigenvalue weighted by Crippen LogP contribution is 2.25. The van der Waals surface area contributed by atoms with Gasteiger partial charge in [-0.3, -0.25) is 9.69 Å². The maximum absolute atomic E-state index is 12.4. The lowest BCUT2D eigenvalue weighted by molar-refractivity contribution is -0.121. The molecule has 1 saturated heterocycles. The van der Waals surface area contributed by atoms with Gasteiger partial charge in [0.2, 0.25) is 5.91 Å². The van der Waals surface area contributed by atoms with Crippen molar-refractivity contribution in [3.8, 4) is 0 Å². The van der Waals surface area contributed by atoms with Crippen LogP contribution in [0.3, 0.4) is 0 Å². The molecule has 1 saturated carbocycles. The average molecular weight is 332 g/mol. The van der Waals surface area contributed by atoms with Crippen molar-refractivity contribution in [1.29, 1.82) is 0 Å². The molecule has 6 heteroatoms. The molecule has 0 aromatic carbocycles. The van der Waals surface area contributed by atoms with E-state index >= 15 is 0 Å². The Bertz CT molecular complexity index is 535. The molecule has 2 atom stereocenters. The molecule has 1 amide bonds. The third-order valence-corrected chi connectivity index (χ3v) is 4.93. The smallest absolute Gasteiger partial charge is 0.229 e. The van der Waals surface area contributed by atoms with Crippen LogP contribution in [0.2, 0.25) is 0 Å². The first-order valence-electron chi connectivity index (χ1n) is 8.94. The number of likely N-dealkylation sites (tertiary alicyclic amines) is 1. The van der Waals surface area contributed by atoms with E-state index in [2.05, 4.69) is 27.1 Å². The Morgan fingerprint density at radius 2 is 2.29 bits per heavy atom. The number of amides is 1. The average Bonchev–Trinajstić information content (AvgIpc) is 3.41. The number of nitrogens with one attached hydrogen (secondary N) is 1. The molecule has 2 aliphatic rings. The number of carbonyl (C=O) groups is 1.